The number of amides is 2. The monoisotopic (exact) mass is 380 g/mol. The summed E-state index contributed by atoms with van der Waals surface area (Å²) in [4.78, 5) is 25.0. The van der Waals surface area contributed by atoms with Crippen molar-refractivity contribution in [2.24, 2.45) is 0 Å². The molecule has 2 aromatic carbocycles. The number of rotatable bonds is 3. The molecular formula is C20H17ClN4O2. The van der Waals surface area contributed by atoms with Crippen molar-refractivity contribution in [3.05, 3.63) is 65.2 Å². The fourth-order valence-electron chi connectivity index (χ4n) is 3.17. The van der Waals surface area contributed by atoms with E-state index in [0.29, 0.717) is 22.2 Å². The molecule has 27 heavy (non-hydrogen) atoms. The van der Waals surface area contributed by atoms with Gasteiger partial charge in [0.05, 0.1) is 12.1 Å². The quantitative estimate of drug-likeness (QED) is 0.720. The standard InChI is InChI=1S/C20H17ClN4O2/c1-12-18(13-7-9-14(21)10-8-13)24-25-16(11-17(26)23-19(12)25)20(27)22-15-5-3-2-4-6-15/h2-10,16H,11H2,1H3,(H,22,27)(H,23,26)/t16-/m0/s1. The summed E-state index contributed by atoms with van der Waals surface area (Å²) in [6.07, 6.45) is 0.0346. The smallest absolute Gasteiger partial charge is 0.249 e. The molecule has 7 heteroatoms. The van der Waals surface area contributed by atoms with Crippen molar-refractivity contribution in [3.8, 4) is 11.3 Å². The van der Waals surface area contributed by atoms with Crippen LogP contribution in [0.2, 0.25) is 5.02 Å². The number of nitrogens with zero attached hydrogens (tertiary/aromatic N) is 2. The molecule has 0 aliphatic carbocycles. The Morgan fingerprint density at radius 2 is 1.89 bits per heavy atom. The van der Waals surface area contributed by atoms with Crippen LogP contribution in [0, 0.1) is 6.92 Å². The van der Waals surface area contributed by atoms with Crippen LogP contribution in [0.3, 0.4) is 0 Å². The van der Waals surface area contributed by atoms with E-state index in [-0.39, 0.29) is 18.2 Å². The summed E-state index contributed by atoms with van der Waals surface area (Å²) < 4.78 is 1.60. The Kier molecular flexibility index (Phi) is 4.41. The van der Waals surface area contributed by atoms with E-state index >= 15 is 0 Å². The van der Waals surface area contributed by atoms with Gasteiger partial charge in [-0.2, -0.15) is 5.10 Å². The second kappa shape index (κ2) is 6.89. The summed E-state index contributed by atoms with van der Waals surface area (Å²) in [5, 5.41) is 10.9. The number of halogens is 1. The molecule has 3 aromatic rings. The van der Waals surface area contributed by atoms with E-state index in [9.17, 15) is 9.59 Å². The van der Waals surface area contributed by atoms with Gasteiger partial charge in [0.1, 0.15) is 11.9 Å². The highest BCUT2D eigenvalue weighted by atomic mass is 35.5. The van der Waals surface area contributed by atoms with E-state index in [2.05, 4.69) is 15.7 Å². The van der Waals surface area contributed by atoms with Gasteiger partial charge in [-0.1, -0.05) is 41.9 Å². The van der Waals surface area contributed by atoms with Crippen molar-refractivity contribution in [3.63, 3.8) is 0 Å². The number of benzene rings is 2. The molecule has 1 aliphatic heterocycles. The molecule has 0 saturated heterocycles. The van der Waals surface area contributed by atoms with E-state index in [4.69, 9.17) is 11.6 Å². The Labute approximate surface area is 161 Å². The van der Waals surface area contributed by atoms with E-state index in [1.54, 1.807) is 28.9 Å². The van der Waals surface area contributed by atoms with Crippen molar-refractivity contribution in [2.45, 2.75) is 19.4 Å². The van der Waals surface area contributed by atoms with Gasteiger partial charge >= 0.3 is 0 Å². The van der Waals surface area contributed by atoms with Crippen LogP contribution >= 0.6 is 11.6 Å². The molecular weight excluding hydrogens is 364 g/mol. The molecule has 4 rings (SSSR count). The Morgan fingerprint density at radius 1 is 1.19 bits per heavy atom. The lowest BCUT2D eigenvalue weighted by Crippen LogP contribution is -2.35. The molecule has 1 aromatic heterocycles. The van der Waals surface area contributed by atoms with Crippen LogP contribution < -0.4 is 10.6 Å². The maximum atomic E-state index is 12.8. The van der Waals surface area contributed by atoms with E-state index in [0.717, 1.165) is 11.1 Å². The molecule has 6 nitrogen and oxygen atoms in total. The summed E-state index contributed by atoms with van der Waals surface area (Å²) in [6.45, 7) is 1.88. The highest BCUT2D eigenvalue weighted by Gasteiger charge is 2.34. The minimum atomic E-state index is -0.714. The Hall–Kier alpha value is -3.12. The maximum absolute atomic E-state index is 12.8. The van der Waals surface area contributed by atoms with Crippen molar-refractivity contribution in [1.29, 1.82) is 0 Å². The third-order valence-corrected chi connectivity index (χ3v) is 4.79. The first kappa shape index (κ1) is 17.3. The van der Waals surface area contributed by atoms with Crippen LogP contribution in [0.4, 0.5) is 11.5 Å². The van der Waals surface area contributed by atoms with Gasteiger partial charge < -0.3 is 10.6 Å². The highest BCUT2D eigenvalue weighted by molar-refractivity contribution is 6.30. The van der Waals surface area contributed by atoms with Gasteiger partial charge in [-0.15, -0.1) is 0 Å². The summed E-state index contributed by atoms with van der Waals surface area (Å²) >= 11 is 5.97. The number of para-hydroxylation sites is 1. The van der Waals surface area contributed by atoms with Crippen LogP contribution in [0.1, 0.15) is 18.0 Å². The van der Waals surface area contributed by atoms with Crippen LogP contribution in [0.15, 0.2) is 54.6 Å². The van der Waals surface area contributed by atoms with Crippen LogP contribution in [0.5, 0.6) is 0 Å². The van der Waals surface area contributed by atoms with Crippen LogP contribution in [0.25, 0.3) is 11.3 Å². The average Bonchev–Trinajstić information content (AvgIpc) is 2.99. The maximum Gasteiger partial charge on any atom is 0.249 e. The number of hydrogen-bond acceptors (Lipinski definition) is 3. The molecule has 0 bridgehead atoms. The SMILES string of the molecule is Cc1c(-c2ccc(Cl)cc2)nn2c1NC(=O)C[C@H]2C(=O)Nc1ccccc1. The third kappa shape index (κ3) is 3.31. The van der Waals surface area contributed by atoms with Crippen LogP contribution in [-0.2, 0) is 9.59 Å². The Bertz CT molecular complexity index is 1010. The van der Waals surface area contributed by atoms with Gasteiger partial charge in [0, 0.05) is 21.8 Å². The van der Waals surface area contributed by atoms with Gasteiger partial charge in [-0.3, -0.25) is 9.59 Å². The zero-order valence-electron chi connectivity index (χ0n) is 14.6. The molecule has 1 atom stereocenters. The molecule has 0 saturated carbocycles. The van der Waals surface area contributed by atoms with E-state index in [1.165, 1.54) is 0 Å². The third-order valence-electron chi connectivity index (χ3n) is 4.54. The minimum Gasteiger partial charge on any atom is -0.324 e. The normalized spacial score (nSPS) is 15.8. The molecule has 0 spiro atoms. The lowest BCUT2D eigenvalue weighted by Gasteiger charge is -2.24. The molecule has 136 valence electrons. The fraction of sp³-hybridized carbons (Fsp3) is 0.150. The number of carbonyl (C=O) groups is 2. The second-order valence-corrected chi connectivity index (χ2v) is 6.83. The van der Waals surface area contributed by atoms with Crippen LogP contribution in [-0.4, -0.2) is 21.6 Å². The lowest BCUT2D eigenvalue weighted by atomic mass is 10.1. The number of fused-ring (bicyclic) bond motifs is 1. The van der Waals surface area contributed by atoms with Gasteiger partial charge in [0.15, 0.2) is 0 Å². The van der Waals surface area contributed by atoms with E-state index < -0.39 is 6.04 Å². The summed E-state index contributed by atoms with van der Waals surface area (Å²) in [6, 6.07) is 15.7. The van der Waals surface area contributed by atoms with Crippen molar-refractivity contribution >= 4 is 34.9 Å². The first-order valence-corrected chi connectivity index (χ1v) is 8.91. The molecule has 2 N–H and O–H groups in total. The largest absolute Gasteiger partial charge is 0.324 e. The molecule has 1 aliphatic rings. The predicted octanol–water partition coefficient (Wildman–Crippen LogP) is 4.03. The second-order valence-electron chi connectivity index (χ2n) is 6.40. The van der Waals surface area contributed by atoms with Gasteiger partial charge in [-0.05, 0) is 31.2 Å². The molecule has 2 amide bonds. The Morgan fingerprint density at radius 3 is 2.59 bits per heavy atom. The molecule has 2 heterocycles. The summed E-state index contributed by atoms with van der Waals surface area (Å²) in [7, 11) is 0. The number of hydrogen-bond donors (Lipinski definition) is 2. The summed E-state index contributed by atoms with van der Waals surface area (Å²) in [5.41, 5.74) is 3.07. The molecule has 0 unspecified atom stereocenters. The first-order chi connectivity index (χ1) is 13.0. The predicted molar refractivity (Wildman–Crippen MR) is 105 cm³/mol. The minimum absolute atomic E-state index is 0.0346. The molecule has 0 fully saturated rings. The zero-order valence-corrected chi connectivity index (χ0v) is 15.3. The zero-order chi connectivity index (χ0) is 19.0. The van der Waals surface area contributed by atoms with Crippen molar-refractivity contribution in [1.82, 2.24) is 9.78 Å². The van der Waals surface area contributed by atoms with E-state index in [1.807, 2.05) is 37.3 Å². The number of nitrogens with one attached hydrogen (secondary N) is 2. The number of aromatic nitrogens is 2. The topological polar surface area (TPSA) is 76.0 Å². The Balaban J connectivity index is 1.71. The lowest BCUT2D eigenvalue weighted by molar-refractivity contribution is -0.125. The highest BCUT2D eigenvalue weighted by Crippen LogP contribution is 2.34. The van der Waals surface area contributed by atoms with Crippen molar-refractivity contribution < 1.29 is 9.59 Å². The van der Waals surface area contributed by atoms with Gasteiger partial charge in [-0.25, -0.2) is 4.68 Å². The average molecular weight is 381 g/mol. The number of carbonyl (C=O) groups excluding carboxylic acids is 2. The van der Waals surface area contributed by atoms with Crippen molar-refractivity contribution in [2.75, 3.05) is 10.6 Å². The molecule has 0 radical (unpaired) electrons. The fourth-order valence-corrected chi connectivity index (χ4v) is 3.30. The number of anilines is 2. The van der Waals surface area contributed by atoms with Gasteiger partial charge in [0.25, 0.3) is 0 Å². The van der Waals surface area contributed by atoms with Gasteiger partial charge in [0.2, 0.25) is 11.8 Å². The summed E-state index contributed by atoms with van der Waals surface area (Å²) in [5.74, 6) is 0.0632. The first-order valence-electron chi connectivity index (χ1n) is 8.54.